The zero-order valence-corrected chi connectivity index (χ0v) is 12.5. The van der Waals surface area contributed by atoms with Gasteiger partial charge in [-0.1, -0.05) is 6.42 Å². The van der Waals surface area contributed by atoms with Crippen LogP contribution in [0.2, 0.25) is 0 Å². The molecule has 22 heavy (non-hydrogen) atoms. The van der Waals surface area contributed by atoms with Crippen LogP contribution in [0.15, 0.2) is 27.2 Å². The van der Waals surface area contributed by atoms with Gasteiger partial charge in [0.2, 0.25) is 5.89 Å². The highest BCUT2D eigenvalue weighted by atomic mass is 16.5. The number of piperidine rings is 1. The van der Waals surface area contributed by atoms with Gasteiger partial charge in [-0.05, 0) is 38.4 Å². The van der Waals surface area contributed by atoms with E-state index in [1.165, 1.54) is 0 Å². The number of hydrogen-bond acceptors (Lipinski definition) is 7. The van der Waals surface area contributed by atoms with Crippen LogP contribution < -0.4 is 0 Å². The molecular weight excluding hydrogens is 286 g/mol. The molecule has 0 N–H and O–H groups in total. The first-order valence-electron chi connectivity index (χ1n) is 7.55. The van der Waals surface area contributed by atoms with Crippen molar-refractivity contribution in [3.05, 3.63) is 24.3 Å². The van der Waals surface area contributed by atoms with Gasteiger partial charge in [-0.3, -0.25) is 9.69 Å². The van der Waals surface area contributed by atoms with Crippen LogP contribution >= 0.6 is 0 Å². The first-order valence-corrected chi connectivity index (χ1v) is 7.55. The lowest BCUT2D eigenvalue weighted by Gasteiger charge is -2.32. The van der Waals surface area contributed by atoms with E-state index in [1.54, 1.807) is 18.4 Å². The van der Waals surface area contributed by atoms with Gasteiger partial charge in [-0.25, -0.2) is 0 Å². The average Bonchev–Trinajstić information content (AvgIpc) is 3.19. The van der Waals surface area contributed by atoms with Crippen LogP contribution in [0.3, 0.4) is 0 Å². The van der Waals surface area contributed by atoms with Gasteiger partial charge >= 0.3 is 5.97 Å². The number of likely N-dealkylation sites (tertiary alicyclic amines) is 1. The summed E-state index contributed by atoms with van der Waals surface area (Å²) in [5.41, 5.74) is 0. The summed E-state index contributed by atoms with van der Waals surface area (Å²) in [5.74, 6) is 1.19. The highest BCUT2D eigenvalue weighted by molar-refractivity contribution is 5.75. The Morgan fingerprint density at radius 2 is 2.36 bits per heavy atom. The first-order chi connectivity index (χ1) is 10.8. The van der Waals surface area contributed by atoms with Crippen LogP contribution in [-0.2, 0) is 16.1 Å². The van der Waals surface area contributed by atoms with Crippen molar-refractivity contribution in [1.29, 1.82) is 0 Å². The number of furan rings is 1. The quantitative estimate of drug-likeness (QED) is 0.783. The molecule has 118 valence electrons. The number of carbonyl (C=O) groups excluding carboxylic acids is 1. The number of rotatable bonds is 5. The van der Waals surface area contributed by atoms with Crippen LogP contribution in [0.5, 0.6) is 0 Å². The van der Waals surface area contributed by atoms with Crippen LogP contribution in [0.1, 0.15) is 32.1 Å². The van der Waals surface area contributed by atoms with E-state index >= 15 is 0 Å². The summed E-state index contributed by atoms with van der Waals surface area (Å²) in [6.07, 6.45) is 4.44. The molecule has 1 fully saturated rings. The van der Waals surface area contributed by atoms with Crippen molar-refractivity contribution < 1.29 is 18.4 Å². The molecule has 2 aromatic heterocycles. The molecule has 1 aliphatic heterocycles. The monoisotopic (exact) mass is 305 g/mol. The van der Waals surface area contributed by atoms with Crippen molar-refractivity contribution in [2.45, 2.75) is 38.8 Å². The zero-order chi connectivity index (χ0) is 15.4. The van der Waals surface area contributed by atoms with Gasteiger partial charge in [0.25, 0.3) is 5.89 Å². The first kappa shape index (κ1) is 14.8. The molecule has 0 spiro atoms. The van der Waals surface area contributed by atoms with Gasteiger partial charge in [0.1, 0.15) is 6.04 Å². The molecule has 0 radical (unpaired) electrons. The summed E-state index contributed by atoms with van der Waals surface area (Å²) in [5, 5.41) is 8.01. The fraction of sp³-hybridized carbons (Fsp3) is 0.533. The Balaban J connectivity index is 1.69. The van der Waals surface area contributed by atoms with Crippen molar-refractivity contribution >= 4 is 5.97 Å². The lowest BCUT2D eigenvalue weighted by molar-refractivity contribution is -0.151. The topological polar surface area (TPSA) is 81.6 Å². The number of carbonyl (C=O) groups is 1. The number of ether oxygens (including phenoxy) is 1. The van der Waals surface area contributed by atoms with Gasteiger partial charge in [0, 0.05) is 0 Å². The normalized spacial score (nSPS) is 19.2. The number of hydrogen-bond donors (Lipinski definition) is 0. The van der Waals surface area contributed by atoms with Crippen molar-refractivity contribution in [2.24, 2.45) is 0 Å². The summed E-state index contributed by atoms with van der Waals surface area (Å²) in [6.45, 7) is 3.48. The van der Waals surface area contributed by atoms with Gasteiger partial charge in [-0.15, -0.1) is 10.2 Å². The largest absolute Gasteiger partial charge is 0.465 e. The Bertz CT molecular complexity index is 608. The molecule has 0 aromatic carbocycles. The molecule has 7 nitrogen and oxygen atoms in total. The maximum Gasteiger partial charge on any atom is 0.323 e. The van der Waals surface area contributed by atoms with E-state index in [1.807, 2.05) is 11.8 Å². The van der Waals surface area contributed by atoms with Gasteiger partial charge < -0.3 is 13.6 Å². The Morgan fingerprint density at radius 3 is 3.14 bits per heavy atom. The molecule has 7 heteroatoms. The van der Waals surface area contributed by atoms with Crippen LogP contribution in [0.25, 0.3) is 11.7 Å². The van der Waals surface area contributed by atoms with E-state index in [-0.39, 0.29) is 12.0 Å². The van der Waals surface area contributed by atoms with Crippen LogP contribution in [0.4, 0.5) is 0 Å². The molecular formula is C15H19N3O4. The standard InChI is InChI=1S/C15H19N3O4/c1-2-20-15(19)11-6-3-4-8-18(11)10-13-16-17-14(22-13)12-7-5-9-21-12/h5,7,9,11H,2-4,6,8,10H2,1H3. The number of esters is 1. The highest BCUT2D eigenvalue weighted by Gasteiger charge is 2.31. The molecule has 0 aliphatic carbocycles. The van der Waals surface area contributed by atoms with Crippen LogP contribution in [0, 0.1) is 0 Å². The molecule has 0 saturated carbocycles. The maximum atomic E-state index is 12.0. The Morgan fingerprint density at radius 1 is 1.45 bits per heavy atom. The number of aromatic nitrogens is 2. The van der Waals surface area contributed by atoms with E-state index in [0.717, 1.165) is 25.8 Å². The lowest BCUT2D eigenvalue weighted by Crippen LogP contribution is -2.45. The summed E-state index contributed by atoms with van der Waals surface area (Å²) >= 11 is 0. The predicted molar refractivity (Wildman–Crippen MR) is 76.7 cm³/mol. The van der Waals surface area contributed by atoms with Gasteiger partial charge in [-0.2, -0.15) is 0 Å². The molecule has 0 amide bonds. The molecule has 0 bridgehead atoms. The molecule has 1 atom stereocenters. The van der Waals surface area contributed by atoms with Crippen molar-refractivity contribution in [1.82, 2.24) is 15.1 Å². The summed E-state index contributed by atoms with van der Waals surface area (Å²) in [7, 11) is 0. The fourth-order valence-corrected chi connectivity index (χ4v) is 2.68. The zero-order valence-electron chi connectivity index (χ0n) is 12.5. The van der Waals surface area contributed by atoms with Crippen molar-refractivity contribution in [3.8, 4) is 11.7 Å². The SMILES string of the molecule is CCOC(=O)C1CCCCN1Cc1nnc(-c2ccco2)o1. The second-order valence-electron chi connectivity index (χ2n) is 5.21. The lowest BCUT2D eigenvalue weighted by atomic mass is 10.0. The van der Waals surface area contributed by atoms with E-state index in [2.05, 4.69) is 10.2 Å². The van der Waals surface area contributed by atoms with Crippen LogP contribution in [-0.4, -0.2) is 40.3 Å². The molecule has 1 unspecified atom stereocenters. The fourth-order valence-electron chi connectivity index (χ4n) is 2.68. The Kier molecular flexibility index (Phi) is 4.53. The smallest absolute Gasteiger partial charge is 0.323 e. The van der Waals surface area contributed by atoms with E-state index in [9.17, 15) is 4.79 Å². The number of nitrogens with zero attached hydrogens (tertiary/aromatic N) is 3. The van der Waals surface area contributed by atoms with Crippen molar-refractivity contribution in [3.63, 3.8) is 0 Å². The highest BCUT2D eigenvalue weighted by Crippen LogP contribution is 2.22. The average molecular weight is 305 g/mol. The predicted octanol–water partition coefficient (Wildman–Crippen LogP) is 2.25. The molecule has 3 rings (SSSR count). The second-order valence-corrected chi connectivity index (χ2v) is 5.21. The summed E-state index contributed by atoms with van der Waals surface area (Å²) in [6, 6.07) is 3.30. The molecule has 2 aromatic rings. The van der Waals surface area contributed by atoms with Gasteiger partial charge in [0.05, 0.1) is 19.4 Å². The van der Waals surface area contributed by atoms with E-state index < -0.39 is 0 Å². The third-order valence-corrected chi connectivity index (χ3v) is 3.71. The van der Waals surface area contributed by atoms with Gasteiger partial charge in [0.15, 0.2) is 5.76 Å². The summed E-state index contributed by atoms with van der Waals surface area (Å²) < 4.78 is 16.0. The van der Waals surface area contributed by atoms with Crippen molar-refractivity contribution in [2.75, 3.05) is 13.2 Å². The van der Waals surface area contributed by atoms with E-state index in [4.69, 9.17) is 13.6 Å². The molecule has 1 aliphatic rings. The Labute approximate surface area is 128 Å². The van der Waals surface area contributed by atoms with E-state index in [0.29, 0.717) is 30.7 Å². The summed E-state index contributed by atoms with van der Waals surface area (Å²) in [4.78, 5) is 14.1. The Hall–Kier alpha value is -2.15. The maximum absolute atomic E-state index is 12.0. The minimum Gasteiger partial charge on any atom is -0.465 e. The third-order valence-electron chi connectivity index (χ3n) is 3.71. The minimum atomic E-state index is -0.229. The third kappa shape index (κ3) is 3.19. The second kappa shape index (κ2) is 6.74. The minimum absolute atomic E-state index is 0.173. The molecule has 3 heterocycles. The molecule has 1 saturated heterocycles.